The maximum absolute atomic E-state index is 14.4. The molecule has 0 aliphatic heterocycles. The number of aromatic nitrogens is 2. The second-order valence-corrected chi connectivity index (χ2v) is 13.9. The summed E-state index contributed by atoms with van der Waals surface area (Å²) in [6.07, 6.45) is -0.169. The van der Waals surface area contributed by atoms with Crippen LogP contribution in [-0.4, -0.2) is 66.3 Å². The van der Waals surface area contributed by atoms with Crippen LogP contribution in [0.3, 0.4) is 0 Å². The van der Waals surface area contributed by atoms with Crippen molar-refractivity contribution in [2.75, 3.05) is 25.7 Å². The summed E-state index contributed by atoms with van der Waals surface area (Å²) in [6.45, 7) is 6.90. The fourth-order valence-electron chi connectivity index (χ4n) is 4.45. The molecule has 0 fully saturated rings. The second kappa shape index (κ2) is 12.4. The van der Waals surface area contributed by atoms with E-state index >= 15 is 0 Å². The Labute approximate surface area is 245 Å². The van der Waals surface area contributed by atoms with Gasteiger partial charge in [-0.15, -0.1) is 11.3 Å². The molecule has 1 aromatic carbocycles. The quantitative estimate of drug-likeness (QED) is 0.307. The minimum Gasteiger partial charge on any atom is -0.496 e. The Bertz CT molecular complexity index is 1750. The van der Waals surface area contributed by atoms with Crippen LogP contribution in [0.5, 0.6) is 5.75 Å². The summed E-state index contributed by atoms with van der Waals surface area (Å²) in [5.41, 5.74) is -3.26. The van der Waals surface area contributed by atoms with Gasteiger partial charge in [0.05, 0.1) is 31.4 Å². The number of halogens is 1. The van der Waals surface area contributed by atoms with Gasteiger partial charge in [0.2, 0.25) is 5.91 Å². The van der Waals surface area contributed by atoms with Gasteiger partial charge < -0.3 is 19.9 Å². The van der Waals surface area contributed by atoms with Crippen molar-refractivity contribution in [3.05, 3.63) is 60.9 Å². The lowest BCUT2D eigenvalue weighted by atomic mass is 10.0. The van der Waals surface area contributed by atoms with Crippen molar-refractivity contribution in [3.63, 3.8) is 0 Å². The number of hydrogen-bond acceptors (Lipinski definition) is 9. The zero-order valence-corrected chi connectivity index (χ0v) is 25.9. The molecule has 230 valence electrons. The largest absolute Gasteiger partial charge is 0.496 e. The summed E-state index contributed by atoms with van der Waals surface area (Å²) in [6, 6.07) is 3.30. The summed E-state index contributed by atoms with van der Waals surface area (Å²) >= 11 is 0.696. The number of aryl methyl sites for hydroxylation is 1. The molecule has 12 nitrogen and oxygen atoms in total. The van der Waals surface area contributed by atoms with Crippen LogP contribution < -0.4 is 21.3 Å². The van der Waals surface area contributed by atoms with Gasteiger partial charge in [0.15, 0.2) is 0 Å². The maximum Gasteiger partial charge on any atom is 0.346 e. The molecule has 1 atom stereocenters. The van der Waals surface area contributed by atoms with E-state index in [1.165, 1.54) is 33.9 Å². The fraction of sp³-hybridized carbons (Fsp3) is 0.481. The van der Waals surface area contributed by atoms with Gasteiger partial charge in [-0.1, -0.05) is 0 Å². The van der Waals surface area contributed by atoms with Gasteiger partial charge in [-0.3, -0.25) is 14.2 Å². The topological polar surface area (TPSA) is 163 Å². The number of carbonyl (C=O) groups is 2. The number of benzene rings is 1. The number of thiophene rings is 1. The van der Waals surface area contributed by atoms with Crippen molar-refractivity contribution in [1.82, 2.24) is 14.5 Å². The number of carboxylic acid groups (broad SMARTS) is 1. The first-order valence-electron chi connectivity index (χ1n) is 12.9. The Balaban J connectivity index is 2.37. The third-order valence-electron chi connectivity index (χ3n) is 6.60. The number of nitrogens with one attached hydrogen (secondary N) is 1. The van der Waals surface area contributed by atoms with Crippen LogP contribution in [0.4, 0.5) is 4.39 Å². The molecule has 1 unspecified atom stereocenters. The smallest absolute Gasteiger partial charge is 0.346 e. The molecule has 2 aromatic heterocycles. The van der Waals surface area contributed by atoms with Crippen molar-refractivity contribution >= 4 is 43.3 Å². The first-order valence-corrected chi connectivity index (χ1v) is 15.7. The predicted molar refractivity (Wildman–Crippen MR) is 156 cm³/mol. The molecule has 2 heterocycles. The number of ether oxygens (including phenoxy) is 2. The average molecular weight is 628 g/mol. The number of methoxy groups -OCH3 is 1. The number of carbonyl (C=O) groups excluding carboxylic acids is 1. The van der Waals surface area contributed by atoms with Crippen LogP contribution in [0.25, 0.3) is 10.2 Å². The van der Waals surface area contributed by atoms with Gasteiger partial charge in [0, 0.05) is 17.9 Å². The average Bonchev–Trinajstić information content (AvgIpc) is 3.21. The van der Waals surface area contributed by atoms with E-state index in [9.17, 15) is 37.1 Å². The lowest BCUT2D eigenvalue weighted by molar-refractivity contribution is -0.129. The van der Waals surface area contributed by atoms with Gasteiger partial charge in [-0.2, -0.15) is 0 Å². The minimum atomic E-state index is -3.46. The van der Waals surface area contributed by atoms with E-state index < -0.39 is 57.0 Å². The second-order valence-electron chi connectivity index (χ2n) is 10.6. The molecule has 42 heavy (non-hydrogen) atoms. The Morgan fingerprint density at radius 2 is 1.86 bits per heavy atom. The van der Waals surface area contributed by atoms with Crippen LogP contribution in [0.2, 0.25) is 0 Å². The highest BCUT2D eigenvalue weighted by molar-refractivity contribution is 7.90. The Hall–Kier alpha value is -3.56. The lowest BCUT2D eigenvalue weighted by Gasteiger charge is -2.28. The minimum absolute atomic E-state index is 0.00306. The van der Waals surface area contributed by atoms with E-state index in [0.717, 1.165) is 27.5 Å². The number of sulfone groups is 1. The molecule has 0 spiro atoms. The predicted octanol–water partition coefficient (Wildman–Crippen LogP) is 2.44. The number of aromatic carboxylic acids is 1. The molecule has 0 saturated heterocycles. The van der Waals surface area contributed by atoms with Gasteiger partial charge in [-0.05, 0) is 58.4 Å². The van der Waals surface area contributed by atoms with Crippen molar-refractivity contribution < 1.29 is 37.0 Å². The molecule has 3 rings (SSSR count). The zero-order chi connectivity index (χ0) is 31.7. The van der Waals surface area contributed by atoms with Gasteiger partial charge in [-0.25, -0.2) is 27.0 Å². The molecule has 0 bridgehead atoms. The normalized spacial score (nSPS) is 13.0. The molecular weight excluding hydrogens is 593 g/mol. The molecule has 0 aliphatic carbocycles. The number of hydrogen-bond donors (Lipinski definition) is 2. The van der Waals surface area contributed by atoms with Gasteiger partial charge >= 0.3 is 11.7 Å². The number of amides is 1. The van der Waals surface area contributed by atoms with Crippen LogP contribution >= 0.6 is 11.3 Å². The summed E-state index contributed by atoms with van der Waals surface area (Å²) in [4.78, 5) is 52.9. The molecule has 0 radical (unpaired) electrons. The Kier molecular flexibility index (Phi) is 9.69. The van der Waals surface area contributed by atoms with Crippen LogP contribution in [0.15, 0.2) is 27.8 Å². The number of carboxylic acids is 1. The summed E-state index contributed by atoms with van der Waals surface area (Å²) < 4.78 is 51.1. The zero-order valence-electron chi connectivity index (χ0n) is 24.3. The SMILES string of the molecule is COc1ccc(F)cc1C(Cn1c(=O)n(C(C)(C)C(=O)NC(C)C)c(=O)c2c(C)c(C(=O)O)sc21)OCCS(C)(=O)=O. The third kappa shape index (κ3) is 6.73. The fourth-order valence-corrected chi connectivity index (χ4v) is 5.99. The van der Waals surface area contributed by atoms with E-state index in [4.69, 9.17) is 9.47 Å². The Morgan fingerprint density at radius 3 is 2.40 bits per heavy atom. The highest BCUT2D eigenvalue weighted by Crippen LogP contribution is 2.33. The summed E-state index contributed by atoms with van der Waals surface area (Å²) in [5, 5.41) is 12.4. The maximum atomic E-state index is 14.4. The molecule has 3 aromatic rings. The van der Waals surface area contributed by atoms with E-state index in [1.807, 2.05) is 0 Å². The van der Waals surface area contributed by atoms with E-state index in [1.54, 1.807) is 13.8 Å². The van der Waals surface area contributed by atoms with E-state index in [-0.39, 0.29) is 50.4 Å². The van der Waals surface area contributed by atoms with Gasteiger partial charge in [0.1, 0.15) is 42.8 Å². The summed E-state index contributed by atoms with van der Waals surface area (Å²) in [5.74, 6) is -2.79. The van der Waals surface area contributed by atoms with Crippen LogP contribution in [0.1, 0.15) is 54.6 Å². The lowest BCUT2D eigenvalue weighted by Crippen LogP contribution is -2.56. The third-order valence-corrected chi connectivity index (χ3v) is 8.81. The van der Waals surface area contributed by atoms with Crippen molar-refractivity contribution in [2.24, 2.45) is 0 Å². The molecule has 0 saturated carbocycles. The van der Waals surface area contributed by atoms with Gasteiger partial charge in [0.25, 0.3) is 5.56 Å². The molecule has 0 aliphatic rings. The van der Waals surface area contributed by atoms with Crippen molar-refractivity contribution in [1.29, 1.82) is 0 Å². The van der Waals surface area contributed by atoms with Crippen LogP contribution in [0, 0.1) is 12.7 Å². The number of fused-ring (bicyclic) bond motifs is 1. The monoisotopic (exact) mass is 627 g/mol. The van der Waals surface area contributed by atoms with Crippen LogP contribution in [-0.2, 0) is 31.5 Å². The van der Waals surface area contributed by atoms with E-state index in [2.05, 4.69) is 5.32 Å². The van der Waals surface area contributed by atoms with E-state index in [0.29, 0.717) is 11.3 Å². The molecule has 15 heteroatoms. The number of nitrogens with zero attached hydrogens (tertiary/aromatic N) is 2. The summed E-state index contributed by atoms with van der Waals surface area (Å²) in [7, 11) is -2.12. The Morgan fingerprint density at radius 1 is 1.21 bits per heavy atom. The highest BCUT2D eigenvalue weighted by Gasteiger charge is 2.36. The first-order chi connectivity index (χ1) is 19.4. The molecular formula is C27H34FN3O9S2. The standard InChI is InChI=1S/C27H34FN3O9S2/c1-14(2)29-25(35)27(4,5)31-22(32)20-15(3)21(24(33)34)41-23(20)30(26(31)36)13-19(40-10-11-42(7,37)38)17-12-16(28)8-9-18(17)39-6/h8-9,12,14,19H,10-11,13H2,1-7H3,(H,29,35)(H,33,34). The molecule has 1 amide bonds. The van der Waals surface area contributed by atoms with Crippen molar-refractivity contribution in [3.8, 4) is 5.75 Å². The van der Waals surface area contributed by atoms with Crippen molar-refractivity contribution in [2.45, 2.75) is 58.8 Å². The number of rotatable bonds is 12. The molecule has 2 N–H and O–H groups in total. The highest BCUT2D eigenvalue weighted by atomic mass is 32.2. The first kappa shape index (κ1) is 32.9.